The van der Waals surface area contributed by atoms with Crippen LogP contribution in [0.15, 0.2) is 24.3 Å². The molecule has 1 unspecified atom stereocenters. The van der Waals surface area contributed by atoms with E-state index in [1.54, 1.807) is 18.2 Å². The number of nitrogens with one attached hydrogen (secondary N) is 1. The Morgan fingerprint density at radius 1 is 1.38 bits per heavy atom. The van der Waals surface area contributed by atoms with Gasteiger partial charge in [0.2, 0.25) is 0 Å². The van der Waals surface area contributed by atoms with E-state index in [1.165, 1.54) is 0 Å². The molecule has 2 N–H and O–H groups in total. The first-order valence-corrected chi connectivity index (χ1v) is 10.6. The van der Waals surface area contributed by atoms with Gasteiger partial charge in [-0.15, -0.1) is 0 Å². The van der Waals surface area contributed by atoms with Crippen molar-refractivity contribution in [1.82, 2.24) is 15.1 Å². The number of carboxylic acids is 1. The zero-order valence-electron chi connectivity index (χ0n) is 14.3. The standard InChI is InChI=1S/C18H21N3O4S/c22-18(23)13-2-1-3-14(9-13)21-17-4-6-19-10-15(17)16(20-21)8-12-5-7-26(24,25)11-12/h1-3,9,12,19H,4-8,10-11H2,(H,22,23). The van der Waals surface area contributed by atoms with E-state index < -0.39 is 15.8 Å². The largest absolute Gasteiger partial charge is 0.478 e. The molecule has 1 atom stereocenters. The van der Waals surface area contributed by atoms with Crippen LogP contribution in [0.2, 0.25) is 0 Å². The number of hydrogen-bond acceptors (Lipinski definition) is 5. The SMILES string of the molecule is O=C(O)c1cccc(-n2nc(CC3CCS(=O)(=O)C3)c3c2CCNC3)c1. The van der Waals surface area contributed by atoms with Gasteiger partial charge in [0.25, 0.3) is 0 Å². The van der Waals surface area contributed by atoms with Crippen molar-refractivity contribution in [2.75, 3.05) is 18.1 Å². The Morgan fingerprint density at radius 3 is 2.96 bits per heavy atom. The highest BCUT2D eigenvalue weighted by Crippen LogP contribution is 2.28. The number of aromatic carboxylic acids is 1. The third-order valence-corrected chi connectivity index (χ3v) is 7.00. The second-order valence-corrected chi connectivity index (χ2v) is 9.27. The van der Waals surface area contributed by atoms with Gasteiger partial charge in [-0.05, 0) is 37.0 Å². The van der Waals surface area contributed by atoms with E-state index in [1.807, 2.05) is 10.7 Å². The van der Waals surface area contributed by atoms with Crippen LogP contribution in [0.4, 0.5) is 0 Å². The molecule has 4 rings (SSSR count). The van der Waals surface area contributed by atoms with Crippen molar-refractivity contribution in [3.63, 3.8) is 0 Å². The van der Waals surface area contributed by atoms with Gasteiger partial charge >= 0.3 is 5.97 Å². The Bertz CT molecular complexity index is 965. The lowest BCUT2D eigenvalue weighted by Crippen LogP contribution is -2.25. The Hall–Kier alpha value is -2.19. The maximum atomic E-state index is 11.8. The summed E-state index contributed by atoms with van der Waals surface area (Å²) in [6.45, 7) is 1.55. The summed E-state index contributed by atoms with van der Waals surface area (Å²) in [7, 11) is -2.91. The highest BCUT2D eigenvalue weighted by molar-refractivity contribution is 7.91. The van der Waals surface area contributed by atoms with Crippen molar-refractivity contribution < 1.29 is 18.3 Å². The molecule has 26 heavy (non-hydrogen) atoms. The molecule has 1 saturated heterocycles. The fourth-order valence-corrected chi connectivity index (χ4v) is 5.73. The quantitative estimate of drug-likeness (QED) is 0.833. The molecule has 0 amide bonds. The fourth-order valence-electron chi connectivity index (χ4n) is 3.87. The number of rotatable bonds is 4. The summed E-state index contributed by atoms with van der Waals surface area (Å²) in [4.78, 5) is 11.3. The Morgan fingerprint density at radius 2 is 2.23 bits per heavy atom. The average Bonchev–Trinajstić information content (AvgIpc) is 3.15. The topological polar surface area (TPSA) is 101 Å². The molecule has 0 saturated carbocycles. The molecule has 2 aromatic rings. The maximum Gasteiger partial charge on any atom is 0.335 e. The van der Waals surface area contributed by atoms with Crippen molar-refractivity contribution in [3.8, 4) is 5.69 Å². The van der Waals surface area contributed by atoms with Crippen LogP contribution in [-0.2, 0) is 29.2 Å². The molecular formula is C18H21N3O4S. The lowest BCUT2D eigenvalue weighted by molar-refractivity contribution is 0.0697. The van der Waals surface area contributed by atoms with Crippen LogP contribution in [0.5, 0.6) is 0 Å². The van der Waals surface area contributed by atoms with Gasteiger partial charge in [0.1, 0.15) is 0 Å². The molecule has 2 aliphatic rings. The smallest absolute Gasteiger partial charge is 0.335 e. The van der Waals surface area contributed by atoms with E-state index in [0.717, 1.165) is 35.6 Å². The molecule has 0 radical (unpaired) electrons. The third-order valence-electron chi connectivity index (χ3n) is 5.16. The number of carbonyl (C=O) groups is 1. The number of sulfone groups is 1. The van der Waals surface area contributed by atoms with Crippen LogP contribution in [0.3, 0.4) is 0 Å². The summed E-state index contributed by atoms with van der Waals surface area (Å²) < 4.78 is 25.3. The van der Waals surface area contributed by atoms with E-state index in [9.17, 15) is 18.3 Å². The fraction of sp³-hybridized carbons (Fsp3) is 0.444. The first-order chi connectivity index (χ1) is 12.4. The highest BCUT2D eigenvalue weighted by atomic mass is 32.2. The van der Waals surface area contributed by atoms with Crippen LogP contribution < -0.4 is 5.32 Å². The molecule has 1 aromatic heterocycles. The van der Waals surface area contributed by atoms with Gasteiger partial charge in [-0.1, -0.05) is 6.07 Å². The summed E-state index contributed by atoms with van der Waals surface area (Å²) in [5.41, 5.74) is 4.09. The minimum Gasteiger partial charge on any atom is -0.478 e. The van der Waals surface area contributed by atoms with E-state index in [4.69, 9.17) is 5.10 Å². The summed E-state index contributed by atoms with van der Waals surface area (Å²) in [6.07, 6.45) is 2.14. The number of carboxylic acid groups (broad SMARTS) is 1. The third kappa shape index (κ3) is 3.26. The minimum absolute atomic E-state index is 0.111. The molecule has 3 heterocycles. The summed E-state index contributed by atoms with van der Waals surface area (Å²) >= 11 is 0. The van der Waals surface area contributed by atoms with Crippen molar-refractivity contribution in [1.29, 1.82) is 0 Å². The molecule has 138 valence electrons. The number of nitrogens with zero attached hydrogens (tertiary/aromatic N) is 2. The van der Waals surface area contributed by atoms with Crippen LogP contribution in [-0.4, -0.2) is 47.3 Å². The first-order valence-electron chi connectivity index (χ1n) is 8.77. The van der Waals surface area contributed by atoms with Gasteiger partial charge in [-0.2, -0.15) is 5.10 Å². The summed E-state index contributed by atoms with van der Waals surface area (Å²) in [5.74, 6) is -0.360. The van der Waals surface area contributed by atoms with Crippen molar-refractivity contribution in [3.05, 3.63) is 46.8 Å². The predicted octanol–water partition coefficient (Wildman–Crippen LogP) is 1.19. The second kappa shape index (κ2) is 6.51. The molecule has 7 nitrogen and oxygen atoms in total. The van der Waals surface area contributed by atoms with Gasteiger partial charge < -0.3 is 10.4 Å². The number of fused-ring (bicyclic) bond motifs is 1. The van der Waals surface area contributed by atoms with Crippen LogP contribution in [0, 0.1) is 5.92 Å². The molecule has 0 bridgehead atoms. The van der Waals surface area contributed by atoms with Gasteiger partial charge in [0.05, 0.1) is 34.1 Å². The van der Waals surface area contributed by atoms with E-state index in [2.05, 4.69) is 5.32 Å². The molecule has 0 spiro atoms. The minimum atomic E-state index is -2.91. The number of hydrogen-bond donors (Lipinski definition) is 2. The van der Waals surface area contributed by atoms with E-state index in [0.29, 0.717) is 19.4 Å². The predicted molar refractivity (Wildman–Crippen MR) is 96.4 cm³/mol. The summed E-state index contributed by atoms with van der Waals surface area (Å²) in [5, 5.41) is 17.4. The first kappa shape index (κ1) is 17.2. The van der Waals surface area contributed by atoms with Gasteiger partial charge in [-0.3, -0.25) is 0 Å². The Labute approximate surface area is 151 Å². The zero-order chi connectivity index (χ0) is 18.3. The lowest BCUT2D eigenvalue weighted by atomic mass is 9.98. The normalized spacial score (nSPS) is 21.5. The molecule has 1 aromatic carbocycles. The average molecular weight is 375 g/mol. The van der Waals surface area contributed by atoms with Crippen LogP contribution in [0.25, 0.3) is 5.69 Å². The molecule has 0 aliphatic carbocycles. The van der Waals surface area contributed by atoms with Crippen molar-refractivity contribution in [2.45, 2.75) is 25.8 Å². The van der Waals surface area contributed by atoms with Crippen molar-refractivity contribution in [2.24, 2.45) is 5.92 Å². The molecule has 1 fully saturated rings. The van der Waals surface area contributed by atoms with Gasteiger partial charge in [0.15, 0.2) is 9.84 Å². The maximum absolute atomic E-state index is 11.8. The van der Waals surface area contributed by atoms with Crippen molar-refractivity contribution >= 4 is 15.8 Å². The number of benzene rings is 1. The lowest BCUT2D eigenvalue weighted by Gasteiger charge is -2.16. The highest BCUT2D eigenvalue weighted by Gasteiger charge is 2.30. The molecular weight excluding hydrogens is 354 g/mol. The monoisotopic (exact) mass is 375 g/mol. The molecule has 8 heteroatoms. The Balaban J connectivity index is 1.71. The van der Waals surface area contributed by atoms with E-state index in [-0.39, 0.29) is 23.0 Å². The second-order valence-electron chi connectivity index (χ2n) is 7.04. The van der Waals surface area contributed by atoms with Gasteiger partial charge in [-0.25, -0.2) is 17.9 Å². The molecule has 2 aliphatic heterocycles. The van der Waals surface area contributed by atoms with Gasteiger partial charge in [0, 0.05) is 25.1 Å². The van der Waals surface area contributed by atoms with Crippen LogP contribution >= 0.6 is 0 Å². The van der Waals surface area contributed by atoms with Crippen LogP contribution in [0.1, 0.15) is 33.7 Å². The van der Waals surface area contributed by atoms with E-state index >= 15 is 0 Å². The number of aromatic nitrogens is 2. The Kier molecular flexibility index (Phi) is 4.32. The summed E-state index contributed by atoms with van der Waals surface area (Å²) in [6, 6.07) is 6.76. The zero-order valence-corrected chi connectivity index (χ0v) is 15.1.